The molecule has 2 aliphatic rings. The molecule has 1 amide bonds. The summed E-state index contributed by atoms with van der Waals surface area (Å²) in [5.74, 6) is 0.0954. The molecule has 0 radical (unpaired) electrons. The zero-order chi connectivity index (χ0) is 15.6. The number of aryl methyl sites for hydroxylation is 1. The van der Waals surface area contributed by atoms with E-state index in [0.29, 0.717) is 10.7 Å². The number of fused-ring (bicyclic) bond motifs is 3. The molecule has 1 aromatic heterocycles. The van der Waals surface area contributed by atoms with Crippen LogP contribution in [0.3, 0.4) is 0 Å². The molecule has 2 atom stereocenters. The van der Waals surface area contributed by atoms with Crippen molar-refractivity contribution in [3.05, 3.63) is 46.2 Å². The van der Waals surface area contributed by atoms with Gasteiger partial charge in [0.15, 0.2) is 0 Å². The molecule has 0 unspecified atom stereocenters. The third kappa shape index (κ3) is 1.59. The topological polar surface area (TPSA) is 38.1 Å². The first-order valence-corrected chi connectivity index (χ1v) is 8.01. The second-order valence-corrected chi connectivity index (χ2v) is 6.97. The lowest BCUT2D eigenvalue weighted by Gasteiger charge is -2.31. The summed E-state index contributed by atoms with van der Waals surface area (Å²) in [6.45, 7) is 6.29. The highest BCUT2D eigenvalue weighted by atomic mass is 35.5. The van der Waals surface area contributed by atoms with E-state index in [0.717, 1.165) is 29.8 Å². The lowest BCUT2D eigenvalue weighted by molar-refractivity contribution is 0.0605. The number of hydrogen-bond donors (Lipinski definition) is 0. The highest BCUT2D eigenvalue weighted by Gasteiger charge is 2.55. The molecule has 4 rings (SSSR count). The fourth-order valence-corrected chi connectivity index (χ4v) is 4.27. The van der Waals surface area contributed by atoms with Crippen LogP contribution in [0.1, 0.15) is 48.4 Å². The van der Waals surface area contributed by atoms with E-state index in [1.54, 1.807) is 4.68 Å². The minimum atomic E-state index is -0.208. The molecular formula is C17H18ClN3O. The monoisotopic (exact) mass is 315 g/mol. The van der Waals surface area contributed by atoms with Crippen LogP contribution in [0.2, 0.25) is 5.02 Å². The Labute approximate surface area is 134 Å². The molecule has 1 fully saturated rings. The minimum absolute atomic E-state index is 0.0954. The highest BCUT2D eigenvalue weighted by molar-refractivity contribution is 6.30. The van der Waals surface area contributed by atoms with E-state index in [-0.39, 0.29) is 17.5 Å². The molecule has 0 spiro atoms. The Morgan fingerprint density at radius 2 is 2.00 bits per heavy atom. The van der Waals surface area contributed by atoms with E-state index in [4.69, 9.17) is 11.6 Å². The molecule has 0 aliphatic carbocycles. The van der Waals surface area contributed by atoms with Gasteiger partial charge >= 0.3 is 0 Å². The average molecular weight is 316 g/mol. The van der Waals surface area contributed by atoms with Crippen LogP contribution in [0.5, 0.6) is 0 Å². The average Bonchev–Trinajstić information content (AvgIpc) is 3.05. The summed E-state index contributed by atoms with van der Waals surface area (Å²) < 4.78 is 1.78. The second kappa shape index (κ2) is 4.35. The van der Waals surface area contributed by atoms with Gasteiger partial charge in [-0.05, 0) is 57.9 Å². The van der Waals surface area contributed by atoms with Crippen LogP contribution in [0.25, 0.3) is 5.69 Å². The number of carbonyl (C=O) groups is 1. The Morgan fingerprint density at radius 3 is 2.68 bits per heavy atom. The standard InChI is InChI=1S/C17H18ClN3O/c1-10-8-9-17(3)14-11(2)19-21(15(14)16(22)20(10)17)13-6-4-12(18)5-7-13/h4-7,10H,8-9H2,1-3H3/t10-,17+/m0/s1. The third-order valence-electron chi connectivity index (χ3n) is 5.11. The molecule has 0 bridgehead atoms. The zero-order valence-corrected chi connectivity index (χ0v) is 13.7. The number of nitrogens with zero attached hydrogens (tertiary/aromatic N) is 3. The maximum absolute atomic E-state index is 13.0. The van der Waals surface area contributed by atoms with Crippen molar-refractivity contribution in [1.29, 1.82) is 0 Å². The smallest absolute Gasteiger partial charge is 0.273 e. The molecule has 5 heteroatoms. The molecule has 3 heterocycles. The maximum atomic E-state index is 13.0. The number of carbonyl (C=O) groups excluding carboxylic acids is 1. The van der Waals surface area contributed by atoms with E-state index in [1.165, 1.54) is 0 Å². The first-order valence-electron chi connectivity index (χ1n) is 7.63. The van der Waals surface area contributed by atoms with E-state index >= 15 is 0 Å². The third-order valence-corrected chi connectivity index (χ3v) is 5.36. The first kappa shape index (κ1) is 13.8. The van der Waals surface area contributed by atoms with Crippen molar-refractivity contribution in [2.45, 2.75) is 45.2 Å². The summed E-state index contributed by atoms with van der Waals surface area (Å²) in [6, 6.07) is 7.73. The van der Waals surface area contributed by atoms with Crippen molar-refractivity contribution in [2.75, 3.05) is 0 Å². The predicted molar refractivity (Wildman–Crippen MR) is 85.5 cm³/mol. The first-order chi connectivity index (χ1) is 10.4. The number of hydrogen-bond acceptors (Lipinski definition) is 2. The second-order valence-electron chi connectivity index (χ2n) is 6.53. The van der Waals surface area contributed by atoms with Crippen molar-refractivity contribution in [2.24, 2.45) is 0 Å². The van der Waals surface area contributed by atoms with Crippen LogP contribution in [-0.2, 0) is 5.54 Å². The summed E-state index contributed by atoms with van der Waals surface area (Å²) in [4.78, 5) is 15.0. The lowest BCUT2D eigenvalue weighted by Crippen LogP contribution is -2.40. The van der Waals surface area contributed by atoms with E-state index < -0.39 is 0 Å². The highest BCUT2D eigenvalue weighted by Crippen LogP contribution is 2.50. The van der Waals surface area contributed by atoms with Crippen molar-refractivity contribution >= 4 is 17.5 Å². The van der Waals surface area contributed by atoms with Crippen molar-refractivity contribution in [1.82, 2.24) is 14.7 Å². The van der Waals surface area contributed by atoms with Gasteiger partial charge in [-0.25, -0.2) is 4.68 Å². The summed E-state index contributed by atoms with van der Waals surface area (Å²) in [5.41, 5.74) is 3.42. The van der Waals surface area contributed by atoms with E-state index in [9.17, 15) is 4.79 Å². The van der Waals surface area contributed by atoms with Gasteiger partial charge in [0, 0.05) is 16.6 Å². The number of benzene rings is 1. The van der Waals surface area contributed by atoms with Gasteiger partial charge < -0.3 is 4.90 Å². The molecule has 4 nitrogen and oxygen atoms in total. The number of amides is 1. The van der Waals surface area contributed by atoms with Gasteiger partial charge in [-0.3, -0.25) is 4.79 Å². The number of halogens is 1. The van der Waals surface area contributed by atoms with Crippen LogP contribution < -0.4 is 0 Å². The molecule has 1 aromatic carbocycles. The van der Waals surface area contributed by atoms with Gasteiger partial charge in [-0.15, -0.1) is 0 Å². The number of rotatable bonds is 1. The quantitative estimate of drug-likeness (QED) is 0.805. The summed E-state index contributed by atoms with van der Waals surface area (Å²) in [7, 11) is 0. The summed E-state index contributed by atoms with van der Waals surface area (Å²) >= 11 is 5.96. The minimum Gasteiger partial charge on any atom is -0.325 e. The molecule has 114 valence electrons. The van der Waals surface area contributed by atoms with E-state index in [1.807, 2.05) is 36.1 Å². The SMILES string of the molecule is Cc1nn(-c2ccc(Cl)cc2)c2c1[C@@]1(C)CC[C@H](C)N1C2=O. The Hall–Kier alpha value is -1.81. The molecule has 2 aromatic rings. The Kier molecular flexibility index (Phi) is 2.74. The van der Waals surface area contributed by atoms with Gasteiger partial charge in [0.05, 0.1) is 16.9 Å². The van der Waals surface area contributed by atoms with Crippen molar-refractivity contribution in [3.8, 4) is 5.69 Å². The van der Waals surface area contributed by atoms with Gasteiger partial charge in [0.1, 0.15) is 5.69 Å². The normalized spacial score (nSPS) is 26.5. The van der Waals surface area contributed by atoms with Crippen molar-refractivity contribution in [3.63, 3.8) is 0 Å². The van der Waals surface area contributed by atoms with Crippen LogP contribution >= 0.6 is 11.6 Å². The molecule has 2 aliphatic heterocycles. The fourth-order valence-electron chi connectivity index (χ4n) is 4.15. The molecule has 1 saturated heterocycles. The van der Waals surface area contributed by atoms with Gasteiger partial charge in [0.25, 0.3) is 5.91 Å². The number of aromatic nitrogens is 2. The fraction of sp³-hybridized carbons (Fsp3) is 0.412. The molecule has 0 N–H and O–H groups in total. The van der Waals surface area contributed by atoms with Crippen LogP contribution in [0.15, 0.2) is 24.3 Å². The largest absolute Gasteiger partial charge is 0.325 e. The van der Waals surface area contributed by atoms with Crippen molar-refractivity contribution < 1.29 is 4.79 Å². The predicted octanol–water partition coefficient (Wildman–Crippen LogP) is 3.69. The Bertz CT molecular complexity index is 780. The summed E-state index contributed by atoms with van der Waals surface area (Å²) in [5, 5.41) is 5.32. The maximum Gasteiger partial charge on any atom is 0.273 e. The molecule has 22 heavy (non-hydrogen) atoms. The Balaban J connectivity index is 1.94. The van der Waals surface area contributed by atoms with Gasteiger partial charge in [0.2, 0.25) is 0 Å². The van der Waals surface area contributed by atoms with Gasteiger partial charge in [-0.1, -0.05) is 11.6 Å². The van der Waals surface area contributed by atoms with Crippen LogP contribution in [0, 0.1) is 6.92 Å². The molecule has 0 saturated carbocycles. The van der Waals surface area contributed by atoms with Crippen LogP contribution in [-0.4, -0.2) is 26.6 Å². The van der Waals surface area contributed by atoms with Gasteiger partial charge in [-0.2, -0.15) is 5.10 Å². The summed E-state index contributed by atoms with van der Waals surface area (Å²) in [6.07, 6.45) is 2.05. The molecular weight excluding hydrogens is 298 g/mol. The Morgan fingerprint density at radius 1 is 1.32 bits per heavy atom. The lowest BCUT2D eigenvalue weighted by atomic mass is 9.91. The zero-order valence-electron chi connectivity index (χ0n) is 12.9. The van der Waals surface area contributed by atoms with E-state index in [2.05, 4.69) is 18.9 Å². The van der Waals surface area contributed by atoms with Crippen LogP contribution in [0.4, 0.5) is 0 Å².